The molecular weight excluding hydrogens is 486 g/mol. The van der Waals surface area contributed by atoms with Crippen LogP contribution in [0, 0.1) is 0 Å². The lowest BCUT2D eigenvalue weighted by atomic mass is 10.0. The van der Waals surface area contributed by atoms with Crippen molar-refractivity contribution in [2.75, 3.05) is 6.54 Å². The maximum absolute atomic E-state index is 12.2. The van der Waals surface area contributed by atoms with E-state index in [1.807, 2.05) is 17.5 Å². The van der Waals surface area contributed by atoms with Crippen LogP contribution < -0.4 is 5.32 Å². The number of aryl methyl sites for hydroxylation is 2. The molecule has 1 aromatic carbocycles. The van der Waals surface area contributed by atoms with Gasteiger partial charge in [-0.25, -0.2) is 4.98 Å². The van der Waals surface area contributed by atoms with Crippen LogP contribution in [-0.2, 0) is 13.0 Å². The van der Waals surface area contributed by atoms with Crippen molar-refractivity contribution in [3.63, 3.8) is 0 Å². The number of fused-ring (bicyclic) bond motifs is 1. The van der Waals surface area contributed by atoms with Crippen LogP contribution in [0.2, 0.25) is 0 Å². The molecule has 2 heterocycles. The second-order valence-corrected chi connectivity index (χ2v) is 11.8. The molecule has 4 nitrogen and oxygen atoms in total. The quantitative estimate of drug-likeness (QED) is 0.130. The Morgan fingerprint density at radius 2 is 1.37 bits per heavy atom. The lowest BCUT2D eigenvalue weighted by molar-refractivity contribution is 0.0957. The highest BCUT2D eigenvalue weighted by atomic mass is 32.1. The fourth-order valence-electron chi connectivity index (χ4n) is 5.33. The van der Waals surface area contributed by atoms with E-state index >= 15 is 0 Å². The number of aromatic nitrogens is 2. The summed E-state index contributed by atoms with van der Waals surface area (Å²) in [7, 11) is 0. The van der Waals surface area contributed by atoms with Crippen LogP contribution in [-0.4, -0.2) is 22.0 Å². The Balaban J connectivity index is 1.25. The number of nitrogens with one attached hydrogen (secondary N) is 1. The summed E-state index contributed by atoms with van der Waals surface area (Å²) in [6.45, 7) is 4.01. The molecule has 2 aromatic heterocycles. The molecule has 0 unspecified atom stereocenters. The van der Waals surface area contributed by atoms with Gasteiger partial charge in [0.05, 0.1) is 15.9 Å². The molecule has 0 aliphatic heterocycles. The highest BCUT2D eigenvalue weighted by Gasteiger charge is 2.11. The van der Waals surface area contributed by atoms with Gasteiger partial charge in [-0.3, -0.25) is 4.79 Å². The Bertz CT molecular complexity index is 1010. The van der Waals surface area contributed by atoms with Crippen molar-refractivity contribution in [3.8, 4) is 0 Å². The van der Waals surface area contributed by atoms with E-state index in [-0.39, 0.29) is 5.91 Å². The third kappa shape index (κ3) is 11.3. The minimum absolute atomic E-state index is 0.0293. The first-order chi connectivity index (χ1) is 18.8. The largest absolute Gasteiger partial charge is 0.351 e. The molecule has 0 aliphatic rings. The molecule has 3 rings (SSSR count). The third-order valence-corrected chi connectivity index (χ3v) is 8.45. The number of unbranched alkanes of at least 4 members (excludes halogenated alkanes) is 15. The van der Waals surface area contributed by atoms with Crippen molar-refractivity contribution in [3.05, 3.63) is 52.5 Å². The summed E-state index contributed by atoms with van der Waals surface area (Å²) in [5.74, 6) is 1.18. The SMILES string of the molecule is CCCCCCCCCCCCCCCCCCn1c(CCCNC(=O)c2cccs2)nc2ccccc21. The Hall–Kier alpha value is -2.14. The van der Waals surface area contributed by atoms with Gasteiger partial charge < -0.3 is 9.88 Å². The molecule has 0 spiro atoms. The number of para-hydroxylation sites is 2. The van der Waals surface area contributed by atoms with Crippen molar-refractivity contribution in [2.45, 2.75) is 129 Å². The number of carbonyl (C=O) groups is 1. The van der Waals surface area contributed by atoms with Gasteiger partial charge in [-0.15, -0.1) is 11.3 Å². The number of hydrogen-bond donors (Lipinski definition) is 1. The number of carbonyl (C=O) groups excluding carboxylic acids is 1. The monoisotopic (exact) mass is 537 g/mol. The van der Waals surface area contributed by atoms with Crippen LogP contribution in [0.15, 0.2) is 41.8 Å². The highest BCUT2D eigenvalue weighted by Crippen LogP contribution is 2.19. The van der Waals surface area contributed by atoms with Crippen LogP contribution in [0.4, 0.5) is 0 Å². The molecule has 3 aromatic rings. The van der Waals surface area contributed by atoms with Crippen LogP contribution in [0.25, 0.3) is 11.0 Å². The summed E-state index contributed by atoms with van der Waals surface area (Å²) in [6, 6.07) is 12.3. The fraction of sp³-hybridized carbons (Fsp3) is 0.636. The number of thiophene rings is 1. The Morgan fingerprint density at radius 1 is 0.763 bits per heavy atom. The second kappa shape index (κ2) is 19.0. The van der Waals surface area contributed by atoms with E-state index in [4.69, 9.17) is 4.98 Å². The highest BCUT2D eigenvalue weighted by molar-refractivity contribution is 7.12. The first-order valence-electron chi connectivity index (χ1n) is 15.6. The zero-order valence-corrected chi connectivity index (χ0v) is 24.7. The van der Waals surface area contributed by atoms with Gasteiger partial charge in [-0.05, 0) is 36.4 Å². The summed E-state index contributed by atoms with van der Waals surface area (Å²) in [6.07, 6.45) is 24.1. The first kappa shape index (κ1) is 30.4. The van der Waals surface area contributed by atoms with Gasteiger partial charge in [0.1, 0.15) is 5.82 Å². The average Bonchev–Trinajstić information content (AvgIpc) is 3.59. The van der Waals surface area contributed by atoms with Crippen LogP contribution in [0.5, 0.6) is 0 Å². The molecule has 38 heavy (non-hydrogen) atoms. The molecule has 0 fully saturated rings. The predicted molar refractivity (Wildman–Crippen MR) is 164 cm³/mol. The van der Waals surface area contributed by atoms with E-state index in [2.05, 4.69) is 41.1 Å². The van der Waals surface area contributed by atoms with E-state index in [9.17, 15) is 4.79 Å². The van der Waals surface area contributed by atoms with Crippen molar-refractivity contribution >= 4 is 28.3 Å². The first-order valence-corrected chi connectivity index (χ1v) is 16.4. The van der Waals surface area contributed by atoms with Crippen molar-refractivity contribution in [1.29, 1.82) is 0 Å². The van der Waals surface area contributed by atoms with E-state index in [0.717, 1.165) is 35.6 Å². The summed E-state index contributed by atoms with van der Waals surface area (Å²) in [5.41, 5.74) is 2.33. The molecule has 0 radical (unpaired) electrons. The third-order valence-electron chi connectivity index (χ3n) is 7.58. The van der Waals surface area contributed by atoms with Crippen LogP contribution in [0.1, 0.15) is 132 Å². The Labute approximate surface area is 235 Å². The van der Waals surface area contributed by atoms with Gasteiger partial charge in [0, 0.05) is 19.5 Å². The molecule has 1 amide bonds. The summed E-state index contributed by atoms with van der Waals surface area (Å²) < 4.78 is 2.42. The molecule has 0 atom stereocenters. The molecule has 1 N–H and O–H groups in total. The Kier molecular flexibility index (Phi) is 15.2. The number of hydrogen-bond acceptors (Lipinski definition) is 3. The molecule has 0 aliphatic carbocycles. The average molecular weight is 538 g/mol. The molecule has 210 valence electrons. The van der Waals surface area contributed by atoms with Gasteiger partial charge >= 0.3 is 0 Å². The summed E-state index contributed by atoms with van der Waals surface area (Å²) >= 11 is 1.49. The lowest BCUT2D eigenvalue weighted by Gasteiger charge is -2.10. The van der Waals surface area contributed by atoms with Crippen LogP contribution >= 0.6 is 11.3 Å². The minimum atomic E-state index is 0.0293. The molecule has 0 saturated carbocycles. The zero-order chi connectivity index (χ0) is 26.7. The van der Waals surface area contributed by atoms with Crippen molar-refractivity contribution < 1.29 is 4.79 Å². The predicted octanol–water partition coefficient (Wildman–Crippen LogP) is 9.72. The van der Waals surface area contributed by atoms with Crippen LogP contribution in [0.3, 0.4) is 0 Å². The molecule has 0 bridgehead atoms. The number of imidazole rings is 1. The standard InChI is InChI=1S/C33H51N3OS/c1-2-3-4-5-6-7-8-9-10-11-12-13-14-15-16-19-27-36-30-23-18-17-22-29(30)35-32(36)25-20-26-34-33(37)31-24-21-28-38-31/h17-18,21-24,28H,2-16,19-20,25-27H2,1H3,(H,34,37). The Morgan fingerprint density at radius 3 is 1.97 bits per heavy atom. The molecular formula is C33H51N3OS. The van der Waals surface area contributed by atoms with Crippen molar-refractivity contribution in [1.82, 2.24) is 14.9 Å². The maximum Gasteiger partial charge on any atom is 0.261 e. The second-order valence-electron chi connectivity index (χ2n) is 10.8. The van der Waals surface area contributed by atoms with Crippen molar-refractivity contribution in [2.24, 2.45) is 0 Å². The normalized spacial score (nSPS) is 11.4. The molecule has 0 saturated heterocycles. The van der Waals surface area contributed by atoms with E-state index in [1.165, 1.54) is 120 Å². The van der Waals surface area contributed by atoms with Gasteiger partial charge in [0.15, 0.2) is 0 Å². The van der Waals surface area contributed by atoms with Gasteiger partial charge in [-0.2, -0.15) is 0 Å². The van der Waals surface area contributed by atoms with Gasteiger partial charge in [-0.1, -0.05) is 121 Å². The maximum atomic E-state index is 12.2. The smallest absolute Gasteiger partial charge is 0.261 e. The summed E-state index contributed by atoms with van der Waals surface area (Å²) in [5, 5.41) is 4.99. The van der Waals surface area contributed by atoms with Gasteiger partial charge in [0.2, 0.25) is 0 Å². The zero-order valence-electron chi connectivity index (χ0n) is 23.9. The van der Waals surface area contributed by atoms with E-state index in [0.29, 0.717) is 6.54 Å². The topological polar surface area (TPSA) is 46.9 Å². The van der Waals surface area contributed by atoms with E-state index < -0.39 is 0 Å². The van der Waals surface area contributed by atoms with E-state index in [1.54, 1.807) is 0 Å². The fourth-order valence-corrected chi connectivity index (χ4v) is 5.97. The number of rotatable bonds is 22. The number of nitrogens with zero attached hydrogens (tertiary/aromatic N) is 2. The van der Waals surface area contributed by atoms with Gasteiger partial charge in [0.25, 0.3) is 5.91 Å². The lowest BCUT2D eigenvalue weighted by Crippen LogP contribution is -2.24. The number of benzene rings is 1. The molecule has 5 heteroatoms. The number of amides is 1. The summed E-state index contributed by atoms with van der Waals surface area (Å²) in [4.78, 5) is 17.9. The minimum Gasteiger partial charge on any atom is -0.351 e.